The van der Waals surface area contributed by atoms with Crippen molar-refractivity contribution in [3.8, 4) is 5.75 Å². The number of carbonyl (C=O) groups excluding carboxylic acids is 1. The number of pyridine rings is 1. The van der Waals surface area contributed by atoms with E-state index in [-0.39, 0.29) is 11.3 Å². The zero-order valence-electron chi connectivity index (χ0n) is 15.9. The first kappa shape index (κ1) is 18.1. The molecule has 0 aliphatic heterocycles. The van der Waals surface area contributed by atoms with E-state index in [9.17, 15) is 4.79 Å². The lowest BCUT2D eigenvalue weighted by atomic mass is 10.1. The smallest absolute Gasteiger partial charge is 0.222 e. The monoisotopic (exact) mass is 355 g/mol. The second-order valence-corrected chi connectivity index (χ2v) is 7.30. The number of aryl methyl sites for hydroxylation is 1. The fourth-order valence-electron chi connectivity index (χ4n) is 2.92. The second kappa shape index (κ2) is 6.90. The molecule has 1 saturated carbocycles. The molecular weight excluding hydrogens is 330 g/mol. The molecule has 1 amide bonds. The molecule has 1 fully saturated rings. The van der Waals surface area contributed by atoms with Crippen LogP contribution in [0.1, 0.15) is 51.6 Å². The molecule has 0 aromatic carbocycles. The Morgan fingerprint density at radius 2 is 2.04 bits per heavy atom. The quantitative estimate of drug-likeness (QED) is 0.819. The summed E-state index contributed by atoms with van der Waals surface area (Å²) in [5.41, 5.74) is 1.87. The zero-order valence-corrected chi connectivity index (χ0v) is 15.9. The third-order valence-corrected chi connectivity index (χ3v) is 4.43. The number of nitrogens with one attached hydrogen (secondary N) is 2. The summed E-state index contributed by atoms with van der Waals surface area (Å²) < 4.78 is 5.64. The van der Waals surface area contributed by atoms with E-state index in [1.54, 1.807) is 12.3 Å². The molecule has 0 saturated heterocycles. The first-order valence-electron chi connectivity index (χ1n) is 8.81. The largest absolute Gasteiger partial charge is 0.490 e. The molecule has 26 heavy (non-hydrogen) atoms. The van der Waals surface area contributed by atoms with Gasteiger partial charge in [0.15, 0.2) is 5.75 Å². The van der Waals surface area contributed by atoms with Gasteiger partial charge in [0, 0.05) is 30.7 Å². The van der Waals surface area contributed by atoms with E-state index in [0.717, 1.165) is 17.9 Å². The third-order valence-electron chi connectivity index (χ3n) is 4.43. The third kappa shape index (κ3) is 4.09. The molecule has 1 atom stereocenters. The lowest BCUT2D eigenvalue weighted by Crippen LogP contribution is -2.09. The van der Waals surface area contributed by atoms with Crippen molar-refractivity contribution in [3.05, 3.63) is 29.8 Å². The second-order valence-electron chi connectivity index (χ2n) is 7.30. The van der Waals surface area contributed by atoms with E-state index in [1.807, 2.05) is 19.9 Å². The summed E-state index contributed by atoms with van der Waals surface area (Å²) in [6.45, 7) is 10.3. The highest BCUT2D eigenvalue weighted by Crippen LogP contribution is 2.57. The van der Waals surface area contributed by atoms with Gasteiger partial charge in [-0.1, -0.05) is 13.8 Å². The van der Waals surface area contributed by atoms with Crippen LogP contribution < -0.4 is 15.4 Å². The number of rotatable bonds is 6. The number of amides is 1. The van der Waals surface area contributed by atoms with E-state index in [2.05, 4.69) is 34.4 Å². The van der Waals surface area contributed by atoms with Crippen molar-refractivity contribution in [2.75, 3.05) is 17.2 Å². The maximum Gasteiger partial charge on any atom is 0.222 e. The Labute approximate surface area is 153 Å². The molecule has 138 valence electrons. The minimum atomic E-state index is -0.177. The maximum atomic E-state index is 11.3. The van der Waals surface area contributed by atoms with Gasteiger partial charge in [0.05, 0.1) is 18.5 Å². The normalized spacial score (nSPS) is 17.5. The number of nitrogens with zero attached hydrogens (tertiary/aromatic N) is 3. The molecule has 2 N–H and O–H groups in total. The summed E-state index contributed by atoms with van der Waals surface area (Å²) in [5.74, 6) is 2.84. The van der Waals surface area contributed by atoms with Crippen LogP contribution in [0.25, 0.3) is 0 Å². The Hall–Kier alpha value is -2.70. The van der Waals surface area contributed by atoms with Crippen LogP contribution in [0.2, 0.25) is 0 Å². The van der Waals surface area contributed by atoms with Gasteiger partial charge in [-0.15, -0.1) is 0 Å². The van der Waals surface area contributed by atoms with Gasteiger partial charge in [0.1, 0.15) is 17.5 Å². The summed E-state index contributed by atoms with van der Waals surface area (Å²) in [7, 11) is 0. The maximum absolute atomic E-state index is 11.3. The predicted molar refractivity (Wildman–Crippen MR) is 101 cm³/mol. The van der Waals surface area contributed by atoms with E-state index in [0.29, 0.717) is 35.6 Å². The summed E-state index contributed by atoms with van der Waals surface area (Å²) >= 11 is 0. The fraction of sp³-hybridized carbons (Fsp3) is 0.474. The summed E-state index contributed by atoms with van der Waals surface area (Å²) in [6, 6.07) is 3.64. The van der Waals surface area contributed by atoms with E-state index in [4.69, 9.17) is 9.72 Å². The molecule has 2 heterocycles. The molecule has 1 aliphatic carbocycles. The van der Waals surface area contributed by atoms with Crippen LogP contribution >= 0.6 is 0 Å². The average molecular weight is 355 g/mol. The molecule has 0 unspecified atom stereocenters. The molecular formula is C19H25N5O2. The molecule has 7 heteroatoms. The van der Waals surface area contributed by atoms with Crippen LogP contribution in [0.4, 0.5) is 17.3 Å². The standard InChI is InChI=1S/C19H25N5O2/c1-6-26-15-10-20-16(22-12(3)25)8-14(15)23-17-7-11(2)21-18(24-17)13-9-19(13,4)5/h7-8,10,13H,6,9H2,1-5H3,(H2,20,21,22,23,24,25)/t13-/m0/s1. The Balaban J connectivity index is 1.90. The Morgan fingerprint density at radius 3 is 2.65 bits per heavy atom. The molecule has 0 bridgehead atoms. The minimum absolute atomic E-state index is 0.177. The van der Waals surface area contributed by atoms with Gasteiger partial charge >= 0.3 is 0 Å². The summed E-state index contributed by atoms with van der Waals surface area (Å²) in [6.07, 6.45) is 2.69. The predicted octanol–water partition coefficient (Wildman–Crippen LogP) is 3.79. The Kier molecular flexibility index (Phi) is 4.80. The van der Waals surface area contributed by atoms with Gasteiger partial charge in [0.25, 0.3) is 0 Å². The lowest BCUT2D eigenvalue weighted by Gasteiger charge is -2.14. The zero-order chi connectivity index (χ0) is 18.9. The average Bonchev–Trinajstić information content (AvgIpc) is 3.18. The number of aromatic nitrogens is 3. The highest BCUT2D eigenvalue weighted by Gasteiger charge is 2.48. The molecule has 7 nitrogen and oxygen atoms in total. The van der Waals surface area contributed by atoms with E-state index < -0.39 is 0 Å². The van der Waals surface area contributed by atoms with Crippen LogP contribution in [0.3, 0.4) is 0 Å². The molecule has 1 aliphatic rings. The van der Waals surface area contributed by atoms with Gasteiger partial charge < -0.3 is 15.4 Å². The Morgan fingerprint density at radius 1 is 1.31 bits per heavy atom. The number of anilines is 3. The molecule has 2 aromatic heterocycles. The topological polar surface area (TPSA) is 89.0 Å². The van der Waals surface area contributed by atoms with Crippen molar-refractivity contribution in [1.29, 1.82) is 0 Å². The molecule has 2 aromatic rings. The van der Waals surface area contributed by atoms with Crippen LogP contribution in [-0.2, 0) is 4.79 Å². The number of ether oxygens (including phenoxy) is 1. The van der Waals surface area contributed by atoms with Gasteiger partial charge in [-0.3, -0.25) is 4.79 Å². The first-order chi connectivity index (χ1) is 12.3. The molecule has 0 radical (unpaired) electrons. The number of carbonyl (C=O) groups is 1. The summed E-state index contributed by atoms with van der Waals surface area (Å²) in [4.78, 5) is 24.8. The minimum Gasteiger partial charge on any atom is -0.490 e. The Bertz CT molecular complexity index is 835. The number of hydrogen-bond acceptors (Lipinski definition) is 6. The SMILES string of the molecule is CCOc1cnc(NC(C)=O)cc1Nc1cc(C)nc([C@@H]2CC2(C)C)n1. The van der Waals surface area contributed by atoms with Crippen molar-refractivity contribution >= 4 is 23.2 Å². The molecule has 0 spiro atoms. The van der Waals surface area contributed by atoms with Gasteiger partial charge in [-0.2, -0.15) is 0 Å². The van der Waals surface area contributed by atoms with Gasteiger partial charge in [-0.05, 0) is 25.7 Å². The highest BCUT2D eigenvalue weighted by molar-refractivity contribution is 5.88. The van der Waals surface area contributed by atoms with E-state index >= 15 is 0 Å². The van der Waals surface area contributed by atoms with Crippen LogP contribution in [0, 0.1) is 12.3 Å². The van der Waals surface area contributed by atoms with E-state index in [1.165, 1.54) is 6.92 Å². The molecule has 3 rings (SSSR count). The highest BCUT2D eigenvalue weighted by atomic mass is 16.5. The van der Waals surface area contributed by atoms with Crippen molar-refractivity contribution in [2.24, 2.45) is 5.41 Å². The van der Waals surface area contributed by atoms with Crippen LogP contribution in [-0.4, -0.2) is 27.5 Å². The summed E-state index contributed by atoms with van der Waals surface area (Å²) in [5, 5.41) is 5.98. The van der Waals surface area contributed by atoms with Crippen molar-refractivity contribution < 1.29 is 9.53 Å². The van der Waals surface area contributed by atoms with Crippen LogP contribution in [0.5, 0.6) is 5.75 Å². The van der Waals surface area contributed by atoms with Crippen molar-refractivity contribution in [1.82, 2.24) is 15.0 Å². The van der Waals surface area contributed by atoms with Crippen molar-refractivity contribution in [3.63, 3.8) is 0 Å². The van der Waals surface area contributed by atoms with Gasteiger partial charge in [-0.25, -0.2) is 15.0 Å². The van der Waals surface area contributed by atoms with Gasteiger partial charge in [0.2, 0.25) is 5.91 Å². The van der Waals surface area contributed by atoms with Crippen molar-refractivity contribution in [2.45, 2.75) is 47.0 Å². The lowest BCUT2D eigenvalue weighted by molar-refractivity contribution is -0.114. The van der Waals surface area contributed by atoms with Crippen LogP contribution in [0.15, 0.2) is 18.3 Å². The fourth-order valence-corrected chi connectivity index (χ4v) is 2.92. The first-order valence-corrected chi connectivity index (χ1v) is 8.81. The number of hydrogen-bond donors (Lipinski definition) is 2.